The number of aryl methyl sites for hydroxylation is 2. The maximum absolute atomic E-state index is 12.1. The molecule has 2 aromatic rings. The van der Waals surface area contributed by atoms with Crippen molar-refractivity contribution < 1.29 is 4.79 Å². The van der Waals surface area contributed by atoms with Crippen molar-refractivity contribution in [3.8, 4) is 0 Å². The highest BCUT2D eigenvalue weighted by molar-refractivity contribution is 5.78. The highest BCUT2D eigenvalue weighted by Gasteiger charge is 2.20. The van der Waals surface area contributed by atoms with Crippen molar-refractivity contribution in [3.05, 3.63) is 30.1 Å². The monoisotopic (exact) mass is 313 g/mol. The topological polar surface area (TPSA) is 46.9 Å². The van der Waals surface area contributed by atoms with Gasteiger partial charge in [0.05, 0.1) is 11.0 Å². The molecule has 124 valence electrons. The molecule has 1 aliphatic carbocycles. The van der Waals surface area contributed by atoms with Crippen LogP contribution in [-0.2, 0) is 17.8 Å². The van der Waals surface area contributed by atoms with Gasteiger partial charge in [-0.1, -0.05) is 31.4 Å². The zero-order valence-corrected chi connectivity index (χ0v) is 14.1. The van der Waals surface area contributed by atoms with Gasteiger partial charge in [0, 0.05) is 25.4 Å². The third-order valence-corrected chi connectivity index (χ3v) is 4.90. The van der Waals surface area contributed by atoms with E-state index in [1.165, 1.54) is 24.8 Å². The van der Waals surface area contributed by atoms with Crippen molar-refractivity contribution in [2.24, 2.45) is 5.92 Å². The van der Waals surface area contributed by atoms with Crippen LogP contribution in [0.15, 0.2) is 24.3 Å². The first-order valence-corrected chi connectivity index (χ1v) is 9.01. The molecule has 1 aromatic carbocycles. The molecule has 1 fully saturated rings. The van der Waals surface area contributed by atoms with Gasteiger partial charge in [0.2, 0.25) is 5.91 Å². The summed E-state index contributed by atoms with van der Waals surface area (Å²) in [5.74, 6) is 1.64. The number of para-hydroxylation sites is 2. The normalized spacial score (nSPS) is 15.9. The average Bonchev–Trinajstić information content (AvgIpc) is 2.96. The number of aromatic nitrogens is 2. The van der Waals surface area contributed by atoms with E-state index in [4.69, 9.17) is 4.98 Å². The van der Waals surface area contributed by atoms with Gasteiger partial charge in [0.15, 0.2) is 0 Å². The Morgan fingerprint density at radius 2 is 2.04 bits per heavy atom. The van der Waals surface area contributed by atoms with Crippen molar-refractivity contribution in [2.45, 2.75) is 58.4 Å². The molecule has 1 aliphatic rings. The van der Waals surface area contributed by atoms with Gasteiger partial charge in [0.25, 0.3) is 0 Å². The molecule has 0 aliphatic heterocycles. The zero-order chi connectivity index (χ0) is 16.1. The van der Waals surface area contributed by atoms with E-state index >= 15 is 0 Å². The number of imidazole rings is 1. The molecule has 1 heterocycles. The van der Waals surface area contributed by atoms with Crippen LogP contribution in [0.1, 0.15) is 51.3 Å². The van der Waals surface area contributed by atoms with E-state index < -0.39 is 0 Å². The second kappa shape index (κ2) is 7.62. The van der Waals surface area contributed by atoms with Gasteiger partial charge in [-0.3, -0.25) is 4.79 Å². The number of nitrogens with zero attached hydrogens (tertiary/aromatic N) is 2. The van der Waals surface area contributed by atoms with Crippen LogP contribution < -0.4 is 5.32 Å². The van der Waals surface area contributed by atoms with Crippen molar-refractivity contribution in [3.63, 3.8) is 0 Å². The van der Waals surface area contributed by atoms with Crippen molar-refractivity contribution in [2.75, 3.05) is 6.54 Å². The molecule has 0 unspecified atom stereocenters. The molecule has 0 saturated heterocycles. The predicted octanol–water partition coefficient (Wildman–Crippen LogP) is 3.69. The van der Waals surface area contributed by atoms with E-state index in [0.29, 0.717) is 0 Å². The minimum Gasteiger partial charge on any atom is -0.356 e. The first-order valence-electron chi connectivity index (χ1n) is 9.01. The third-order valence-electron chi connectivity index (χ3n) is 4.90. The quantitative estimate of drug-likeness (QED) is 0.827. The second-order valence-corrected chi connectivity index (χ2v) is 6.49. The van der Waals surface area contributed by atoms with E-state index in [1.54, 1.807) is 0 Å². The predicted molar refractivity (Wildman–Crippen MR) is 93.3 cm³/mol. The summed E-state index contributed by atoms with van der Waals surface area (Å²) in [5, 5.41) is 3.12. The highest BCUT2D eigenvalue weighted by Crippen LogP contribution is 2.23. The maximum atomic E-state index is 12.1. The summed E-state index contributed by atoms with van der Waals surface area (Å²) < 4.78 is 2.28. The van der Waals surface area contributed by atoms with Gasteiger partial charge in [-0.05, 0) is 38.3 Å². The fourth-order valence-electron chi connectivity index (χ4n) is 3.64. The van der Waals surface area contributed by atoms with Crippen LogP contribution in [0.2, 0.25) is 0 Å². The molecule has 1 aromatic heterocycles. The summed E-state index contributed by atoms with van der Waals surface area (Å²) >= 11 is 0. The van der Waals surface area contributed by atoms with Crippen molar-refractivity contribution >= 4 is 16.9 Å². The van der Waals surface area contributed by atoms with Crippen LogP contribution in [-0.4, -0.2) is 22.0 Å². The molecule has 1 amide bonds. The molecule has 4 nitrogen and oxygen atoms in total. The fourth-order valence-corrected chi connectivity index (χ4v) is 3.64. The molecule has 1 saturated carbocycles. The molecule has 0 spiro atoms. The molecular formula is C19H27N3O. The van der Waals surface area contributed by atoms with E-state index in [9.17, 15) is 4.79 Å². The minimum atomic E-state index is 0.254. The molecule has 23 heavy (non-hydrogen) atoms. The largest absolute Gasteiger partial charge is 0.356 e. The lowest BCUT2D eigenvalue weighted by Gasteiger charge is -2.20. The molecule has 4 heteroatoms. The number of rotatable bonds is 6. The Bertz CT molecular complexity index is 656. The molecular weight excluding hydrogens is 286 g/mol. The summed E-state index contributed by atoms with van der Waals surface area (Å²) in [6, 6.07) is 8.28. The minimum absolute atomic E-state index is 0.254. The first kappa shape index (κ1) is 16.0. The van der Waals surface area contributed by atoms with Crippen molar-refractivity contribution in [1.82, 2.24) is 14.9 Å². The summed E-state index contributed by atoms with van der Waals surface area (Å²) in [7, 11) is 0. The summed E-state index contributed by atoms with van der Waals surface area (Å²) in [5.41, 5.74) is 2.27. The standard InChI is InChI=1S/C19H27N3O/c1-2-22-17-12-7-6-11-16(17)21-18(22)13-8-14-20-19(23)15-9-4-3-5-10-15/h6-7,11-12,15H,2-5,8-10,13-14H2,1H3,(H,20,23). The highest BCUT2D eigenvalue weighted by atomic mass is 16.1. The summed E-state index contributed by atoms with van der Waals surface area (Å²) in [6.45, 7) is 3.84. The molecule has 0 atom stereocenters. The Morgan fingerprint density at radius 3 is 2.83 bits per heavy atom. The Balaban J connectivity index is 1.51. The smallest absolute Gasteiger partial charge is 0.223 e. The molecule has 1 N–H and O–H groups in total. The van der Waals surface area contributed by atoms with Crippen LogP contribution in [0.3, 0.4) is 0 Å². The number of nitrogens with one attached hydrogen (secondary N) is 1. The van der Waals surface area contributed by atoms with Gasteiger partial charge in [-0.2, -0.15) is 0 Å². The number of benzene rings is 1. The van der Waals surface area contributed by atoms with E-state index in [0.717, 1.165) is 50.1 Å². The van der Waals surface area contributed by atoms with Crippen LogP contribution in [0.25, 0.3) is 11.0 Å². The third kappa shape index (κ3) is 3.74. The van der Waals surface area contributed by atoms with Crippen LogP contribution in [0, 0.1) is 5.92 Å². The lowest BCUT2D eigenvalue weighted by molar-refractivity contribution is -0.125. The Morgan fingerprint density at radius 1 is 1.26 bits per heavy atom. The summed E-state index contributed by atoms with van der Waals surface area (Å²) in [4.78, 5) is 16.9. The van der Waals surface area contributed by atoms with Gasteiger partial charge < -0.3 is 9.88 Å². The number of fused-ring (bicyclic) bond motifs is 1. The maximum Gasteiger partial charge on any atom is 0.223 e. The number of carbonyl (C=O) groups excluding carboxylic acids is 1. The van der Waals surface area contributed by atoms with Gasteiger partial charge in [0.1, 0.15) is 5.82 Å². The lowest BCUT2D eigenvalue weighted by Crippen LogP contribution is -2.32. The lowest BCUT2D eigenvalue weighted by atomic mass is 9.89. The van der Waals surface area contributed by atoms with Crippen LogP contribution >= 0.6 is 0 Å². The molecule has 0 bridgehead atoms. The first-order chi connectivity index (χ1) is 11.3. The van der Waals surface area contributed by atoms with E-state index in [1.807, 2.05) is 6.07 Å². The molecule has 0 radical (unpaired) electrons. The van der Waals surface area contributed by atoms with Gasteiger partial charge >= 0.3 is 0 Å². The van der Waals surface area contributed by atoms with Crippen LogP contribution in [0.4, 0.5) is 0 Å². The van der Waals surface area contributed by atoms with Gasteiger partial charge in [-0.25, -0.2) is 4.98 Å². The zero-order valence-electron chi connectivity index (χ0n) is 14.1. The number of amides is 1. The SMILES string of the molecule is CCn1c(CCCNC(=O)C2CCCCC2)nc2ccccc21. The number of carbonyl (C=O) groups is 1. The second-order valence-electron chi connectivity index (χ2n) is 6.49. The number of hydrogen-bond donors (Lipinski definition) is 1. The summed E-state index contributed by atoms with van der Waals surface area (Å²) in [6.07, 6.45) is 7.69. The van der Waals surface area contributed by atoms with E-state index in [2.05, 4.69) is 35.0 Å². The van der Waals surface area contributed by atoms with Crippen LogP contribution in [0.5, 0.6) is 0 Å². The Labute approximate surface area is 138 Å². The van der Waals surface area contributed by atoms with Crippen molar-refractivity contribution in [1.29, 1.82) is 0 Å². The average molecular weight is 313 g/mol. The van der Waals surface area contributed by atoms with Gasteiger partial charge in [-0.15, -0.1) is 0 Å². The van der Waals surface area contributed by atoms with E-state index in [-0.39, 0.29) is 11.8 Å². The Hall–Kier alpha value is -1.84. The Kier molecular flexibility index (Phi) is 5.31. The number of hydrogen-bond acceptors (Lipinski definition) is 2. The molecule has 3 rings (SSSR count). The fraction of sp³-hybridized carbons (Fsp3) is 0.579.